The fraction of sp³-hybridized carbons (Fsp3) is 0.500. The van der Waals surface area contributed by atoms with E-state index < -0.39 is 0 Å². The van der Waals surface area contributed by atoms with Gasteiger partial charge in [0, 0.05) is 13.1 Å². The molecule has 0 spiro atoms. The zero-order valence-electron chi connectivity index (χ0n) is 8.12. The lowest BCUT2D eigenvalue weighted by Gasteiger charge is -2.20. The number of likely N-dealkylation sites (N-methyl/N-ethyl adjacent to an activating group) is 1. The van der Waals surface area contributed by atoms with Crippen molar-refractivity contribution in [3.05, 3.63) is 24.2 Å². The molecule has 0 aliphatic rings. The number of nitrogens with zero attached hydrogens (tertiary/aromatic N) is 1. The first kappa shape index (κ1) is 10.3. The van der Waals surface area contributed by atoms with Crippen LogP contribution in [0, 0.1) is 0 Å². The van der Waals surface area contributed by atoms with Gasteiger partial charge in [0.1, 0.15) is 5.76 Å². The lowest BCUT2D eigenvalue weighted by molar-refractivity contribution is 0.456. The van der Waals surface area contributed by atoms with E-state index >= 15 is 0 Å². The molecule has 1 aromatic heterocycles. The Hall–Kier alpha value is -0.830. The molecule has 2 nitrogen and oxygen atoms in total. The van der Waals surface area contributed by atoms with Crippen LogP contribution >= 0.6 is 12.2 Å². The summed E-state index contributed by atoms with van der Waals surface area (Å²) >= 11 is 5.29. The van der Waals surface area contributed by atoms with Crippen molar-refractivity contribution in [2.45, 2.75) is 20.3 Å². The molecule has 13 heavy (non-hydrogen) atoms. The summed E-state index contributed by atoms with van der Waals surface area (Å²) in [5.41, 5.74) is 0. The van der Waals surface area contributed by atoms with Crippen LogP contribution < -0.4 is 0 Å². The fourth-order valence-corrected chi connectivity index (χ4v) is 1.65. The number of furan rings is 1. The lowest BCUT2D eigenvalue weighted by atomic mass is 10.3. The average molecular weight is 197 g/mol. The number of hydrogen-bond donors (Lipinski definition) is 0. The van der Waals surface area contributed by atoms with E-state index in [-0.39, 0.29) is 0 Å². The largest absolute Gasteiger partial charge is 0.469 e. The van der Waals surface area contributed by atoms with Gasteiger partial charge >= 0.3 is 0 Å². The molecule has 0 unspecified atom stereocenters. The Bertz CT molecular complexity index is 252. The van der Waals surface area contributed by atoms with E-state index in [2.05, 4.69) is 18.7 Å². The second-order valence-corrected chi connectivity index (χ2v) is 3.29. The molecular formula is C10H15NOS. The average Bonchev–Trinajstić information content (AvgIpc) is 2.59. The maximum absolute atomic E-state index is 5.29. The SMILES string of the molecule is CCN(CC)C(=S)Cc1ccco1. The minimum atomic E-state index is 0.740. The molecule has 3 heteroatoms. The van der Waals surface area contributed by atoms with Gasteiger partial charge in [-0.1, -0.05) is 12.2 Å². The normalized spacial score (nSPS) is 10.0. The first-order valence-corrected chi connectivity index (χ1v) is 4.98. The highest BCUT2D eigenvalue weighted by molar-refractivity contribution is 7.80. The molecule has 1 aromatic rings. The van der Waals surface area contributed by atoms with Crippen molar-refractivity contribution in [2.75, 3.05) is 13.1 Å². The van der Waals surface area contributed by atoms with Gasteiger partial charge in [0.15, 0.2) is 0 Å². The van der Waals surface area contributed by atoms with Gasteiger partial charge < -0.3 is 9.32 Å². The number of hydrogen-bond acceptors (Lipinski definition) is 2. The molecule has 0 bridgehead atoms. The zero-order valence-corrected chi connectivity index (χ0v) is 8.93. The highest BCUT2D eigenvalue weighted by Gasteiger charge is 2.07. The molecule has 0 aliphatic carbocycles. The second kappa shape index (κ2) is 5.02. The highest BCUT2D eigenvalue weighted by atomic mass is 32.1. The molecule has 0 aromatic carbocycles. The van der Waals surface area contributed by atoms with E-state index in [1.165, 1.54) is 0 Å². The minimum absolute atomic E-state index is 0.740. The number of rotatable bonds is 4. The monoisotopic (exact) mass is 197 g/mol. The molecule has 0 fully saturated rings. The summed E-state index contributed by atoms with van der Waals surface area (Å²) in [7, 11) is 0. The van der Waals surface area contributed by atoms with Crippen LogP contribution in [-0.2, 0) is 6.42 Å². The van der Waals surface area contributed by atoms with Gasteiger partial charge in [0.2, 0.25) is 0 Å². The van der Waals surface area contributed by atoms with E-state index in [0.717, 1.165) is 30.3 Å². The summed E-state index contributed by atoms with van der Waals surface area (Å²) in [6.45, 7) is 6.15. The third-order valence-electron chi connectivity index (χ3n) is 2.02. The van der Waals surface area contributed by atoms with Crippen LogP contribution in [-0.4, -0.2) is 23.0 Å². The Kier molecular flexibility index (Phi) is 3.96. The van der Waals surface area contributed by atoms with E-state index in [0.29, 0.717) is 0 Å². The van der Waals surface area contributed by atoms with Gasteiger partial charge in [0.05, 0.1) is 17.7 Å². The minimum Gasteiger partial charge on any atom is -0.469 e. The van der Waals surface area contributed by atoms with E-state index in [4.69, 9.17) is 16.6 Å². The fourth-order valence-electron chi connectivity index (χ4n) is 1.25. The van der Waals surface area contributed by atoms with Crippen molar-refractivity contribution < 1.29 is 4.42 Å². The molecular weight excluding hydrogens is 182 g/mol. The van der Waals surface area contributed by atoms with E-state index in [1.54, 1.807) is 6.26 Å². The maximum Gasteiger partial charge on any atom is 0.110 e. The molecule has 0 saturated carbocycles. The van der Waals surface area contributed by atoms with Crippen molar-refractivity contribution in [1.29, 1.82) is 0 Å². The summed E-state index contributed by atoms with van der Waals surface area (Å²) in [4.78, 5) is 3.12. The highest BCUT2D eigenvalue weighted by Crippen LogP contribution is 2.05. The third kappa shape index (κ3) is 2.84. The smallest absolute Gasteiger partial charge is 0.110 e. The van der Waals surface area contributed by atoms with Crippen LogP contribution in [0.1, 0.15) is 19.6 Å². The van der Waals surface area contributed by atoms with Gasteiger partial charge in [-0.25, -0.2) is 0 Å². The molecule has 0 amide bonds. The summed E-state index contributed by atoms with van der Waals surface area (Å²) in [6.07, 6.45) is 2.42. The quantitative estimate of drug-likeness (QED) is 0.690. The zero-order chi connectivity index (χ0) is 9.68. The molecule has 1 rings (SSSR count). The van der Waals surface area contributed by atoms with Gasteiger partial charge in [-0.2, -0.15) is 0 Å². The van der Waals surface area contributed by atoms with Crippen molar-refractivity contribution in [1.82, 2.24) is 4.90 Å². The van der Waals surface area contributed by atoms with Crippen molar-refractivity contribution in [3.8, 4) is 0 Å². The van der Waals surface area contributed by atoms with Crippen LogP contribution in [0.5, 0.6) is 0 Å². The molecule has 0 radical (unpaired) electrons. The summed E-state index contributed by atoms with van der Waals surface area (Å²) in [6, 6.07) is 3.84. The van der Waals surface area contributed by atoms with Gasteiger partial charge in [-0.15, -0.1) is 0 Å². The van der Waals surface area contributed by atoms with Crippen molar-refractivity contribution in [3.63, 3.8) is 0 Å². The summed E-state index contributed by atoms with van der Waals surface area (Å²) in [5.74, 6) is 0.942. The molecule has 72 valence electrons. The molecule has 0 saturated heterocycles. The summed E-state index contributed by atoms with van der Waals surface area (Å²) in [5, 5.41) is 0. The second-order valence-electron chi connectivity index (χ2n) is 2.82. The molecule has 0 aliphatic heterocycles. The van der Waals surface area contributed by atoms with Crippen LogP contribution in [0.3, 0.4) is 0 Å². The maximum atomic E-state index is 5.29. The summed E-state index contributed by atoms with van der Waals surface area (Å²) < 4.78 is 5.23. The molecule has 0 atom stereocenters. The first-order chi connectivity index (χ1) is 6.27. The molecule has 0 N–H and O–H groups in total. The molecule has 1 heterocycles. The Balaban J connectivity index is 2.49. The van der Waals surface area contributed by atoms with E-state index in [1.807, 2.05) is 12.1 Å². The predicted octanol–water partition coefficient (Wildman–Crippen LogP) is 2.49. The topological polar surface area (TPSA) is 16.4 Å². The van der Waals surface area contributed by atoms with Gasteiger partial charge in [0.25, 0.3) is 0 Å². The van der Waals surface area contributed by atoms with E-state index in [9.17, 15) is 0 Å². The van der Waals surface area contributed by atoms with Crippen LogP contribution in [0.2, 0.25) is 0 Å². The Morgan fingerprint density at radius 2 is 2.15 bits per heavy atom. The first-order valence-electron chi connectivity index (χ1n) is 4.58. The van der Waals surface area contributed by atoms with Crippen molar-refractivity contribution >= 4 is 17.2 Å². The standard InChI is InChI=1S/C10H15NOS/c1-3-11(4-2)10(13)8-9-6-5-7-12-9/h5-7H,3-4,8H2,1-2H3. The number of thiocarbonyl (C=S) groups is 1. The van der Waals surface area contributed by atoms with Crippen molar-refractivity contribution in [2.24, 2.45) is 0 Å². The van der Waals surface area contributed by atoms with Gasteiger partial charge in [-0.05, 0) is 26.0 Å². The Morgan fingerprint density at radius 3 is 2.62 bits per heavy atom. The van der Waals surface area contributed by atoms with Crippen LogP contribution in [0.4, 0.5) is 0 Å². The van der Waals surface area contributed by atoms with Crippen LogP contribution in [0.15, 0.2) is 22.8 Å². The predicted molar refractivity (Wildman–Crippen MR) is 57.9 cm³/mol. The third-order valence-corrected chi connectivity index (χ3v) is 2.42. The lowest BCUT2D eigenvalue weighted by Crippen LogP contribution is -2.30. The van der Waals surface area contributed by atoms with Crippen LogP contribution in [0.25, 0.3) is 0 Å². The van der Waals surface area contributed by atoms with Gasteiger partial charge in [-0.3, -0.25) is 0 Å². The Labute approximate surface area is 84.5 Å². The Morgan fingerprint density at radius 1 is 1.46 bits per heavy atom.